The highest BCUT2D eigenvalue weighted by molar-refractivity contribution is 7.98. The molecule has 5 rings (SSSR count). The van der Waals surface area contributed by atoms with Gasteiger partial charge in [-0.25, -0.2) is 0 Å². The number of fused-ring (bicyclic) bond motifs is 1. The standard InChI is InChI=1S/C32H30N4O2S/c1-2-36-28-16-15-26(20-24(28)21-29(36)32(38)34-19-17-25-12-8-9-18-33-25)35-31(37)27-13-6-7-14-30(27)39-22-23-10-4-3-5-11-23/h3-16,18,20-21H,2,17,19,22H2,1H3,(H,34,38)(H,35,37). The fourth-order valence-corrected chi connectivity index (χ4v) is 5.54. The van der Waals surface area contributed by atoms with Gasteiger partial charge in [0.25, 0.3) is 11.8 Å². The summed E-state index contributed by atoms with van der Waals surface area (Å²) in [5.41, 5.74) is 5.02. The van der Waals surface area contributed by atoms with Gasteiger partial charge in [-0.05, 0) is 61.0 Å². The predicted octanol–water partition coefficient (Wildman–Crippen LogP) is 6.57. The molecule has 39 heavy (non-hydrogen) atoms. The van der Waals surface area contributed by atoms with Crippen LogP contribution >= 0.6 is 11.8 Å². The Bertz CT molecular complexity index is 1580. The number of aryl methyl sites for hydroxylation is 1. The number of hydrogen-bond acceptors (Lipinski definition) is 4. The van der Waals surface area contributed by atoms with Crippen LogP contribution in [0.15, 0.2) is 108 Å². The van der Waals surface area contributed by atoms with Crippen LogP contribution in [0.3, 0.4) is 0 Å². The normalized spacial score (nSPS) is 10.9. The van der Waals surface area contributed by atoms with Crippen molar-refractivity contribution in [2.75, 3.05) is 11.9 Å². The Morgan fingerprint density at radius 3 is 2.46 bits per heavy atom. The minimum Gasteiger partial charge on any atom is -0.350 e. The third-order valence-electron chi connectivity index (χ3n) is 6.47. The molecule has 0 bridgehead atoms. The van der Waals surface area contributed by atoms with Gasteiger partial charge in [-0.1, -0.05) is 48.5 Å². The maximum atomic E-state index is 13.3. The highest BCUT2D eigenvalue weighted by atomic mass is 32.2. The molecular weight excluding hydrogens is 504 g/mol. The molecule has 0 radical (unpaired) electrons. The summed E-state index contributed by atoms with van der Waals surface area (Å²) in [7, 11) is 0. The van der Waals surface area contributed by atoms with Crippen LogP contribution in [-0.4, -0.2) is 27.9 Å². The van der Waals surface area contributed by atoms with Crippen molar-refractivity contribution in [2.45, 2.75) is 30.5 Å². The van der Waals surface area contributed by atoms with Crippen LogP contribution in [0.2, 0.25) is 0 Å². The van der Waals surface area contributed by atoms with Gasteiger partial charge in [-0.15, -0.1) is 11.8 Å². The van der Waals surface area contributed by atoms with Crippen LogP contribution in [0.1, 0.15) is 39.0 Å². The molecule has 196 valence electrons. The van der Waals surface area contributed by atoms with E-state index in [0.29, 0.717) is 36.5 Å². The van der Waals surface area contributed by atoms with Crippen molar-refractivity contribution in [1.29, 1.82) is 0 Å². The summed E-state index contributed by atoms with van der Waals surface area (Å²) in [5, 5.41) is 6.96. The van der Waals surface area contributed by atoms with E-state index in [-0.39, 0.29) is 11.8 Å². The Labute approximate surface area is 232 Å². The molecule has 0 saturated heterocycles. The number of thioether (sulfide) groups is 1. The molecule has 0 fully saturated rings. The van der Waals surface area contributed by atoms with Crippen molar-refractivity contribution in [3.05, 3.63) is 126 Å². The molecule has 2 aromatic heterocycles. The molecule has 0 atom stereocenters. The van der Waals surface area contributed by atoms with E-state index in [2.05, 4.69) is 27.8 Å². The zero-order valence-corrected chi connectivity index (χ0v) is 22.6. The highest BCUT2D eigenvalue weighted by Gasteiger charge is 2.16. The maximum Gasteiger partial charge on any atom is 0.267 e. The van der Waals surface area contributed by atoms with E-state index in [1.807, 2.05) is 96.4 Å². The lowest BCUT2D eigenvalue weighted by Gasteiger charge is -2.11. The van der Waals surface area contributed by atoms with Crippen LogP contribution in [-0.2, 0) is 18.7 Å². The van der Waals surface area contributed by atoms with Gasteiger partial charge in [-0.2, -0.15) is 0 Å². The molecule has 5 aromatic rings. The lowest BCUT2D eigenvalue weighted by molar-refractivity contribution is 0.0944. The molecule has 0 aliphatic rings. The van der Waals surface area contributed by atoms with E-state index in [1.54, 1.807) is 18.0 Å². The number of carbonyl (C=O) groups is 2. The van der Waals surface area contributed by atoms with Crippen LogP contribution in [0.4, 0.5) is 5.69 Å². The topological polar surface area (TPSA) is 76.0 Å². The van der Waals surface area contributed by atoms with Gasteiger partial charge in [0.2, 0.25) is 0 Å². The summed E-state index contributed by atoms with van der Waals surface area (Å²) in [4.78, 5) is 31.5. The monoisotopic (exact) mass is 534 g/mol. The maximum absolute atomic E-state index is 13.3. The van der Waals surface area contributed by atoms with Gasteiger partial charge >= 0.3 is 0 Å². The van der Waals surface area contributed by atoms with Crippen LogP contribution in [0.5, 0.6) is 0 Å². The first-order valence-electron chi connectivity index (χ1n) is 13.0. The largest absolute Gasteiger partial charge is 0.350 e. The number of nitrogens with zero attached hydrogens (tertiary/aromatic N) is 2. The summed E-state index contributed by atoms with van der Waals surface area (Å²) in [5.74, 6) is 0.501. The SMILES string of the molecule is CCn1c(C(=O)NCCc2ccccn2)cc2cc(NC(=O)c3ccccc3SCc3ccccc3)ccc21. The van der Waals surface area contributed by atoms with Crippen molar-refractivity contribution in [1.82, 2.24) is 14.9 Å². The molecule has 6 nitrogen and oxygen atoms in total. The van der Waals surface area contributed by atoms with Crippen LogP contribution in [0.25, 0.3) is 10.9 Å². The Morgan fingerprint density at radius 2 is 1.67 bits per heavy atom. The highest BCUT2D eigenvalue weighted by Crippen LogP contribution is 2.28. The smallest absolute Gasteiger partial charge is 0.267 e. The summed E-state index contributed by atoms with van der Waals surface area (Å²) in [6.07, 6.45) is 2.42. The molecule has 0 aliphatic carbocycles. The van der Waals surface area contributed by atoms with E-state index < -0.39 is 0 Å². The lowest BCUT2D eigenvalue weighted by Crippen LogP contribution is -2.27. The lowest BCUT2D eigenvalue weighted by atomic mass is 10.2. The molecule has 2 amide bonds. The molecule has 0 spiro atoms. The molecule has 0 aliphatic heterocycles. The van der Waals surface area contributed by atoms with Crippen molar-refractivity contribution in [2.24, 2.45) is 0 Å². The number of rotatable bonds is 10. The van der Waals surface area contributed by atoms with Crippen molar-refractivity contribution >= 4 is 40.2 Å². The number of hydrogen-bond donors (Lipinski definition) is 2. The third-order valence-corrected chi connectivity index (χ3v) is 7.61. The first-order chi connectivity index (χ1) is 19.1. The molecule has 2 N–H and O–H groups in total. The average molecular weight is 535 g/mol. The predicted molar refractivity (Wildman–Crippen MR) is 158 cm³/mol. The van der Waals surface area contributed by atoms with E-state index in [4.69, 9.17) is 0 Å². The Kier molecular flexibility index (Phi) is 8.39. The third kappa shape index (κ3) is 6.38. The number of anilines is 1. The first-order valence-corrected chi connectivity index (χ1v) is 14.0. The Hall–Kier alpha value is -4.36. The molecule has 0 saturated carbocycles. The van der Waals surface area contributed by atoms with Crippen molar-refractivity contribution in [3.63, 3.8) is 0 Å². The summed E-state index contributed by atoms with van der Waals surface area (Å²) < 4.78 is 1.99. The zero-order chi connectivity index (χ0) is 27.0. The van der Waals surface area contributed by atoms with Gasteiger partial charge < -0.3 is 15.2 Å². The fourth-order valence-electron chi connectivity index (χ4n) is 4.53. The second kappa shape index (κ2) is 12.5. The Morgan fingerprint density at radius 1 is 0.872 bits per heavy atom. The number of amides is 2. The van der Waals surface area contributed by atoms with Crippen LogP contribution in [0, 0.1) is 0 Å². The van der Waals surface area contributed by atoms with Gasteiger partial charge in [-0.3, -0.25) is 14.6 Å². The van der Waals surface area contributed by atoms with E-state index in [9.17, 15) is 9.59 Å². The summed E-state index contributed by atoms with van der Waals surface area (Å²) >= 11 is 1.65. The number of aromatic nitrogens is 2. The van der Waals surface area contributed by atoms with E-state index in [1.165, 1.54) is 5.56 Å². The molecular formula is C32H30N4O2S. The number of pyridine rings is 1. The summed E-state index contributed by atoms with van der Waals surface area (Å²) in [6, 6.07) is 31.3. The van der Waals surface area contributed by atoms with Gasteiger partial charge in [0, 0.05) is 58.6 Å². The minimum absolute atomic E-state index is 0.126. The first kappa shape index (κ1) is 26.3. The average Bonchev–Trinajstić information content (AvgIpc) is 3.35. The second-order valence-corrected chi connectivity index (χ2v) is 10.1. The summed E-state index contributed by atoms with van der Waals surface area (Å²) in [6.45, 7) is 3.18. The fraction of sp³-hybridized carbons (Fsp3) is 0.156. The van der Waals surface area contributed by atoms with E-state index in [0.717, 1.165) is 27.2 Å². The second-order valence-electron chi connectivity index (χ2n) is 9.10. The Balaban J connectivity index is 1.29. The number of benzene rings is 3. The number of nitrogens with one attached hydrogen (secondary N) is 2. The molecule has 3 aromatic carbocycles. The minimum atomic E-state index is -0.159. The molecule has 7 heteroatoms. The van der Waals surface area contributed by atoms with Crippen LogP contribution < -0.4 is 10.6 Å². The van der Waals surface area contributed by atoms with Crippen molar-refractivity contribution < 1.29 is 9.59 Å². The number of carbonyl (C=O) groups excluding carboxylic acids is 2. The molecule has 2 heterocycles. The molecule has 0 unspecified atom stereocenters. The van der Waals surface area contributed by atoms with Gasteiger partial charge in [0.1, 0.15) is 5.69 Å². The van der Waals surface area contributed by atoms with E-state index >= 15 is 0 Å². The quantitative estimate of drug-likeness (QED) is 0.199. The van der Waals surface area contributed by atoms with Crippen molar-refractivity contribution in [3.8, 4) is 0 Å². The zero-order valence-electron chi connectivity index (χ0n) is 21.8. The van der Waals surface area contributed by atoms with Gasteiger partial charge in [0.05, 0.1) is 5.56 Å². The van der Waals surface area contributed by atoms with Gasteiger partial charge in [0.15, 0.2) is 0 Å².